The van der Waals surface area contributed by atoms with E-state index in [0.717, 1.165) is 79.4 Å². The lowest BCUT2D eigenvalue weighted by Crippen LogP contribution is -2.54. The number of morpholine rings is 1. The van der Waals surface area contributed by atoms with Crippen LogP contribution in [0, 0.1) is 13.8 Å². The van der Waals surface area contributed by atoms with Crippen molar-refractivity contribution in [3.63, 3.8) is 0 Å². The number of likely N-dealkylation sites (tertiary alicyclic amines) is 1. The number of aryl methyl sites for hydroxylation is 2. The fraction of sp³-hybridized carbons (Fsp3) is 0.593. The Kier molecular flexibility index (Phi) is 8.64. The normalized spacial score (nSPS) is 27.0. The van der Waals surface area contributed by atoms with Gasteiger partial charge in [0, 0.05) is 30.5 Å². The third kappa shape index (κ3) is 4.92. The standard InChI is InChI=1S/C26H31FN6O2.CH4.2H2S/c1-15-5-17-9-28-33(26-8-25(29-16(2)30-26)32-10-20-6-18(32)14-35-20)24(17)7-22(15)21-3-4-31(11-23(21)27)19-12-34-13-19;;;/h5,7-9,18-21,23H,3-4,6,10-14H2,1-2H3;1H4;2*1H2. The van der Waals surface area contributed by atoms with Crippen LogP contribution in [0.25, 0.3) is 16.7 Å². The second-order valence-electron chi connectivity index (χ2n) is 10.6. The summed E-state index contributed by atoms with van der Waals surface area (Å²) >= 11 is 0. The first-order valence-electron chi connectivity index (χ1n) is 12.7. The van der Waals surface area contributed by atoms with Crippen LogP contribution >= 0.6 is 27.0 Å². The number of aromatic nitrogens is 4. The zero-order chi connectivity index (χ0) is 23.7. The molecular formula is C27H39FN6O2S2. The van der Waals surface area contributed by atoms with Gasteiger partial charge in [-0.2, -0.15) is 32.1 Å². The van der Waals surface area contributed by atoms with Crippen molar-refractivity contribution in [2.75, 3.05) is 44.4 Å². The number of nitrogens with zero attached hydrogens (tertiary/aromatic N) is 6. The molecule has 3 aromatic rings. The lowest BCUT2D eigenvalue weighted by atomic mass is 9.84. The van der Waals surface area contributed by atoms with Gasteiger partial charge in [-0.1, -0.05) is 7.43 Å². The number of piperidine rings is 1. The molecule has 2 aromatic heterocycles. The largest absolute Gasteiger partial charge is 0.378 e. The minimum atomic E-state index is -0.891. The molecule has 0 N–H and O–H groups in total. The molecule has 0 amide bonds. The Balaban J connectivity index is 0.00000112. The predicted molar refractivity (Wildman–Crippen MR) is 158 cm³/mol. The Hall–Kier alpha value is -1.92. The fourth-order valence-corrected chi connectivity index (χ4v) is 6.30. The summed E-state index contributed by atoms with van der Waals surface area (Å²) in [4.78, 5) is 14.0. The summed E-state index contributed by atoms with van der Waals surface area (Å²) in [7, 11) is 0. The second kappa shape index (κ2) is 11.3. The molecule has 4 fully saturated rings. The Morgan fingerprint density at radius 2 is 1.76 bits per heavy atom. The topological polar surface area (TPSA) is 68.5 Å². The van der Waals surface area contributed by atoms with Crippen molar-refractivity contribution in [3.8, 4) is 5.82 Å². The van der Waals surface area contributed by atoms with Gasteiger partial charge >= 0.3 is 0 Å². The summed E-state index contributed by atoms with van der Waals surface area (Å²) in [5, 5.41) is 5.73. The Morgan fingerprint density at radius 3 is 2.42 bits per heavy atom. The Labute approximate surface area is 237 Å². The van der Waals surface area contributed by atoms with Gasteiger partial charge in [0.25, 0.3) is 0 Å². The van der Waals surface area contributed by atoms with E-state index in [1.165, 1.54) is 0 Å². The molecule has 4 unspecified atom stereocenters. The van der Waals surface area contributed by atoms with Gasteiger partial charge in [-0.05, 0) is 56.5 Å². The van der Waals surface area contributed by atoms with Crippen molar-refractivity contribution in [2.45, 2.75) is 64.4 Å². The summed E-state index contributed by atoms with van der Waals surface area (Å²) < 4.78 is 28.4. The Bertz CT molecular complexity index is 1290. The minimum absolute atomic E-state index is 0. The third-order valence-electron chi connectivity index (χ3n) is 8.29. The van der Waals surface area contributed by atoms with Crippen molar-refractivity contribution in [2.24, 2.45) is 0 Å². The highest BCUT2D eigenvalue weighted by atomic mass is 32.1. The number of anilines is 1. The highest BCUT2D eigenvalue weighted by Gasteiger charge is 2.40. The molecule has 6 heterocycles. The average molecular weight is 563 g/mol. The van der Waals surface area contributed by atoms with E-state index in [9.17, 15) is 0 Å². The molecular weight excluding hydrogens is 523 g/mol. The number of hydrogen-bond acceptors (Lipinski definition) is 7. The maximum absolute atomic E-state index is 15.4. The van der Waals surface area contributed by atoms with Crippen molar-refractivity contribution in [1.82, 2.24) is 24.6 Å². The smallest absolute Gasteiger partial charge is 0.159 e. The molecule has 2 bridgehead atoms. The first kappa shape index (κ1) is 29.1. The van der Waals surface area contributed by atoms with Crippen molar-refractivity contribution >= 4 is 43.7 Å². The van der Waals surface area contributed by atoms with E-state index in [1.54, 1.807) is 0 Å². The van der Waals surface area contributed by atoms with E-state index in [2.05, 4.69) is 34.0 Å². The molecule has 4 saturated heterocycles. The number of rotatable bonds is 4. The molecule has 0 radical (unpaired) electrons. The van der Waals surface area contributed by atoms with E-state index < -0.39 is 6.17 Å². The molecule has 0 saturated carbocycles. The molecule has 11 heteroatoms. The molecule has 4 aliphatic rings. The highest BCUT2D eigenvalue weighted by Crippen LogP contribution is 2.37. The van der Waals surface area contributed by atoms with Crippen molar-refractivity contribution in [3.05, 3.63) is 41.3 Å². The predicted octanol–water partition coefficient (Wildman–Crippen LogP) is 3.80. The number of ether oxygens (including phenoxy) is 2. The van der Waals surface area contributed by atoms with Gasteiger partial charge in [0.05, 0.1) is 49.7 Å². The highest BCUT2D eigenvalue weighted by molar-refractivity contribution is 7.59. The summed E-state index contributed by atoms with van der Waals surface area (Å²) in [6.07, 6.45) is 3.15. The van der Waals surface area contributed by atoms with Gasteiger partial charge in [-0.25, -0.2) is 19.0 Å². The Morgan fingerprint density at radius 1 is 0.974 bits per heavy atom. The van der Waals surface area contributed by atoms with Crippen molar-refractivity contribution < 1.29 is 13.9 Å². The third-order valence-corrected chi connectivity index (χ3v) is 8.29. The molecule has 7 rings (SSSR count). The number of fused-ring (bicyclic) bond motifs is 3. The van der Waals surface area contributed by atoms with Crippen LogP contribution in [-0.4, -0.2) is 88.5 Å². The number of alkyl halides is 1. The monoisotopic (exact) mass is 562 g/mol. The van der Waals surface area contributed by atoms with Gasteiger partial charge in [0.2, 0.25) is 0 Å². The zero-order valence-electron chi connectivity index (χ0n) is 21.2. The van der Waals surface area contributed by atoms with Crippen LogP contribution in [0.3, 0.4) is 0 Å². The van der Waals surface area contributed by atoms with Crippen molar-refractivity contribution in [1.29, 1.82) is 0 Å². The molecule has 0 aliphatic carbocycles. The minimum Gasteiger partial charge on any atom is -0.378 e. The second-order valence-corrected chi connectivity index (χ2v) is 10.6. The van der Waals surface area contributed by atoms with Gasteiger partial charge in [-0.15, -0.1) is 0 Å². The SMILES string of the molecule is C.Cc1nc(N2CC3CC2CO3)cc(-n2ncc3cc(C)c(C4CCN(C5COC5)CC4F)cc32)n1.S.S. The number of hydrogen-bond donors (Lipinski definition) is 0. The van der Waals surface area contributed by atoms with Crippen LogP contribution in [0.5, 0.6) is 0 Å². The van der Waals surface area contributed by atoms with E-state index in [-0.39, 0.29) is 40.3 Å². The molecule has 4 atom stereocenters. The van der Waals surface area contributed by atoms with E-state index in [0.29, 0.717) is 30.6 Å². The van der Waals surface area contributed by atoms with E-state index in [1.807, 2.05) is 23.9 Å². The molecule has 4 aliphatic heterocycles. The summed E-state index contributed by atoms with van der Waals surface area (Å²) in [5.74, 6) is 2.28. The van der Waals surface area contributed by atoms with Crippen LogP contribution in [0.15, 0.2) is 24.4 Å². The van der Waals surface area contributed by atoms with Gasteiger partial charge in [-0.3, -0.25) is 4.90 Å². The molecule has 8 nitrogen and oxygen atoms in total. The van der Waals surface area contributed by atoms with E-state index >= 15 is 4.39 Å². The lowest BCUT2D eigenvalue weighted by molar-refractivity contribution is -0.0807. The maximum atomic E-state index is 15.4. The molecule has 1 aromatic carbocycles. The van der Waals surface area contributed by atoms with Crippen LogP contribution < -0.4 is 4.90 Å². The lowest BCUT2D eigenvalue weighted by Gasteiger charge is -2.43. The number of halogens is 1. The number of benzene rings is 1. The molecule has 38 heavy (non-hydrogen) atoms. The molecule has 208 valence electrons. The maximum Gasteiger partial charge on any atom is 0.159 e. The summed E-state index contributed by atoms with van der Waals surface area (Å²) in [5.41, 5.74) is 3.16. The summed E-state index contributed by atoms with van der Waals surface area (Å²) in [6.45, 7) is 8.48. The van der Waals surface area contributed by atoms with Crippen LogP contribution in [0.4, 0.5) is 10.2 Å². The van der Waals surface area contributed by atoms with Gasteiger partial charge < -0.3 is 14.4 Å². The summed E-state index contributed by atoms with van der Waals surface area (Å²) in [6, 6.07) is 7.06. The van der Waals surface area contributed by atoms with Gasteiger partial charge in [0.15, 0.2) is 5.82 Å². The van der Waals surface area contributed by atoms with Crippen LogP contribution in [-0.2, 0) is 9.47 Å². The fourth-order valence-electron chi connectivity index (χ4n) is 6.30. The van der Waals surface area contributed by atoms with Crippen LogP contribution in [0.2, 0.25) is 0 Å². The van der Waals surface area contributed by atoms with E-state index in [4.69, 9.17) is 19.4 Å². The zero-order valence-corrected chi connectivity index (χ0v) is 23.2. The van der Waals surface area contributed by atoms with Gasteiger partial charge in [0.1, 0.15) is 17.8 Å². The van der Waals surface area contributed by atoms with Crippen LogP contribution in [0.1, 0.15) is 43.1 Å². The first-order chi connectivity index (χ1) is 17.0. The average Bonchev–Trinajstić information content (AvgIpc) is 3.53. The quantitative estimate of drug-likeness (QED) is 0.479. The molecule has 0 spiro atoms. The first-order valence-corrected chi connectivity index (χ1v) is 12.7.